The maximum Gasteiger partial charge on any atom is 0.341 e. The van der Waals surface area contributed by atoms with Gasteiger partial charge in [0.15, 0.2) is 11.6 Å². The summed E-state index contributed by atoms with van der Waals surface area (Å²) in [6, 6.07) is 3.80. The number of aromatic carboxylic acids is 1. The number of halogens is 3. The molecule has 0 atom stereocenters. The Kier molecular flexibility index (Phi) is 3.95. The lowest BCUT2D eigenvalue weighted by molar-refractivity contribution is -0.387. The first-order chi connectivity index (χ1) is 12.2. The Morgan fingerprint density at radius 1 is 1.08 bits per heavy atom. The minimum Gasteiger partial charge on any atom is -0.477 e. The van der Waals surface area contributed by atoms with Crippen LogP contribution in [0.15, 0.2) is 41.3 Å². The number of aromatic nitrogens is 1. The first-order valence-electron chi connectivity index (χ1n) is 6.92. The van der Waals surface area contributed by atoms with Crippen LogP contribution in [0.25, 0.3) is 16.6 Å². The van der Waals surface area contributed by atoms with Gasteiger partial charge in [-0.05, 0) is 18.2 Å². The Balaban J connectivity index is 2.46. The van der Waals surface area contributed by atoms with E-state index in [4.69, 9.17) is 5.11 Å². The number of pyridine rings is 1. The molecule has 0 aliphatic carbocycles. The number of rotatable bonds is 3. The molecule has 1 heterocycles. The highest BCUT2D eigenvalue weighted by Gasteiger charge is 2.20. The quantitative estimate of drug-likeness (QED) is 0.568. The number of nitro benzene ring substituents is 1. The summed E-state index contributed by atoms with van der Waals surface area (Å²) in [4.78, 5) is 33.4. The summed E-state index contributed by atoms with van der Waals surface area (Å²) in [5.41, 5.74) is -3.08. The standard InChI is InChI=1S/C16H7F3N2O5/c17-10-2-1-7(3-14(10)21(25)26)20-6-9(16(23)24)15(22)8-4-11(18)12(19)5-13(8)20/h1-6H,(H,23,24). The van der Waals surface area contributed by atoms with Gasteiger partial charge in [-0.15, -0.1) is 0 Å². The molecule has 0 spiro atoms. The third-order valence-electron chi connectivity index (χ3n) is 3.68. The van der Waals surface area contributed by atoms with Crippen LogP contribution in [-0.2, 0) is 0 Å². The number of carboxylic acids is 1. The van der Waals surface area contributed by atoms with Gasteiger partial charge in [0.1, 0.15) is 5.56 Å². The molecule has 0 saturated carbocycles. The van der Waals surface area contributed by atoms with E-state index >= 15 is 0 Å². The summed E-state index contributed by atoms with van der Waals surface area (Å²) in [6.07, 6.45) is 0.807. The molecule has 0 fully saturated rings. The largest absolute Gasteiger partial charge is 0.477 e. The van der Waals surface area contributed by atoms with Crippen molar-refractivity contribution in [1.29, 1.82) is 0 Å². The van der Waals surface area contributed by atoms with Gasteiger partial charge in [-0.25, -0.2) is 13.6 Å². The Bertz CT molecular complexity index is 1160. The van der Waals surface area contributed by atoms with Gasteiger partial charge in [-0.3, -0.25) is 14.9 Å². The molecule has 7 nitrogen and oxygen atoms in total. The topological polar surface area (TPSA) is 102 Å². The van der Waals surface area contributed by atoms with E-state index in [0.29, 0.717) is 12.1 Å². The fraction of sp³-hybridized carbons (Fsp3) is 0. The second kappa shape index (κ2) is 5.99. The number of carbonyl (C=O) groups is 1. The van der Waals surface area contributed by atoms with Gasteiger partial charge in [0.05, 0.1) is 21.5 Å². The Hall–Kier alpha value is -3.69. The zero-order valence-corrected chi connectivity index (χ0v) is 12.6. The van der Waals surface area contributed by atoms with Crippen LogP contribution in [-0.4, -0.2) is 20.6 Å². The van der Waals surface area contributed by atoms with E-state index in [9.17, 15) is 32.9 Å². The molecule has 0 aliphatic heterocycles. The summed E-state index contributed by atoms with van der Waals surface area (Å²) in [7, 11) is 0. The normalized spacial score (nSPS) is 10.9. The fourth-order valence-electron chi connectivity index (χ4n) is 2.48. The Morgan fingerprint density at radius 3 is 2.35 bits per heavy atom. The molecule has 26 heavy (non-hydrogen) atoms. The van der Waals surface area contributed by atoms with Gasteiger partial charge in [0, 0.05) is 18.3 Å². The van der Waals surface area contributed by atoms with Crippen molar-refractivity contribution in [1.82, 2.24) is 4.57 Å². The van der Waals surface area contributed by atoms with Crippen LogP contribution in [0, 0.1) is 27.6 Å². The molecule has 1 aromatic heterocycles. The van der Waals surface area contributed by atoms with E-state index in [1.165, 1.54) is 0 Å². The van der Waals surface area contributed by atoms with Crippen LogP contribution in [0.4, 0.5) is 18.9 Å². The van der Waals surface area contributed by atoms with Crippen LogP contribution < -0.4 is 5.43 Å². The van der Waals surface area contributed by atoms with Crippen LogP contribution in [0.3, 0.4) is 0 Å². The van der Waals surface area contributed by atoms with E-state index in [1.54, 1.807) is 0 Å². The molecule has 0 aliphatic rings. The zero-order chi connectivity index (χ0) is 19.2. The van der Waals surface area contributed by atoms with E-state index < -0.39 is 50.4 Å². The van der Waals surface area contributed by atoms with Crippen LogP contribution in [0.2, 0.25) is 0 Å². The monoisotopic (exact) mass is 364 g/mol. The number of fused-ring (bicyclic) bond motifs is 1. The number of nitrogens with zero attached hydrogens (tertiary/aromatic N) is 2. The van der Waals surface area contributed by atoms with Gasteiger partial charge in [0.25, 0.3) is 0 Å². The van der Waals surface area contributed by atoms with Crippen LogP contribution in [0.1, 0.15) is 10.4 Å². The molecule has 2 aromatic carbocycles. The average molecular weight is 364 g/mol. The highest BCUT2D eigenvalue weighted by atomic mass is 19.2. The molecule has 132 valence electrons. The van der Waals surface area contributed by atoms with Gasteiger partial charge < -0.3 is 9.67 Å². The van der Waals surface area contributed by atoms with Gasteiger partial charge in [-0.2, -0.15) is 4.39 Å². The predicted octanol–water partition coefficient (Wildman–Crippen LogP) is 3.01. The van der Waals surface area contributed by atoms with Crippen molar-refractivity contribution in [3.8, 4) is 5.69 Å². The maximum absolute atomic E-state index is 13.6. The fourth-order valence-corrected chi connectivity index (χ4v) is 2.48. The SMILES string of the molecule is O=C(O)c1cn(-c2ccc(F)c([N+](=O)[O-])c2)c2cc(F)c(F)cc2c1=O. The number of hydrogen-bond acceptors (Lipinski definition) is 4. The van der Waals surface area contributed by atoms with E-state index in [2.05, 4.69) is 0 Å². The first kappa shape index (κ1) is 17.1. The molecule has 3 rings (SSSR count). The average Bonchev–Trinajstić information content (AvgIpc) is 2.57. The van der Waals surface area contributed by atoms with E-state index in [1.807, 2.05) is 0 Å². The van der Waals surface area contributed by atoms with Crippen molar-refractivity contribution in [2.75, 3.05) is 0 Å². The van der Waals surface area contributed by atoms with E-state index in [0.717, 1.165) is 29.0 Å². The molecular formula is C16H7F3N2O5. The summed E-state index contributed by atoms with van der Waals surface area (Å²) in [6.45, 7) is 0. The minimum atomic E-state index is -1.63. The molecule has 1 N–H and O–H groups in total. The van der Waals surface area contributed by atoms with Crippen LogP contribution in [0.5, 0.6) is 0 Å². The highest BCUT2D eigenvalue weighted by molar-refractivity contribution is 5.93. The van der Waals surface area contributed by atoms with Crippen molar-refractivity contribution < 1.29 is 28.0 Å². The maximum atomic E-state index is 13.6. The molecule has 0 unspecified atom stereocenters. The van der Waals surface area contributed by atoms with Gasteiger partial charge >= 0.3 is 11.7 Å². The van der Waals surface area contributed by atoms with E-state index in [-0.39, 0.29) is 11.2 Å². The highest BCUT2D eigenvalue weighted by Crippen LogP contribution is 2.25. The summed E-state index contributed by atoms with van der Waals surface area (Å²) in [5, 5.41) is 19.6. The number of nitro groups is 1. The number of carboxylic acid groups (broad SMARTS) is 1. The van der Waals surface area contributed by atoms with Crippen molar-refractivity contribution in [2.24, 2.45) is 0 Å². The van der Waals surface area contributed by atoms with Gasteiger partial charge in [-0.1, -0.05) is 0 Å². The summed E-state index contributed by atoms with van der Waals surface area (Å²) >= 11 is 0. The lowest BCUT2D eigenvalue weighted by Crippen LogP contribution is -2.19. The number of benzene rings is 2. The molecule has 10 heteroatoms. The minimum absolute atomic E-state index is 0.114. The predicted molar refractivity (Wildman–Crippen MR) is 83.0 cm³/mol. The van der Waals surface area contributed by atoms with Crippen molar-refractivity contribution in [3.63, 3.8) is 0 Å². The zero-order valence-electron chi connectivity index (χ0n) is 12.6. The smallest absolute Gasteiger partial charge is 0.341 e. The Morgan fingerprint density at radius 2 is 1.73 bits per heavy atom. The second-order valence-electron chi connectivity index (χ2n) is 5.22. The molecule has 3 aromatic rings. The lowest BCUT2D eigenvalue weighted by Gasteiger charge is -2.13. The van der Waals surface area contributed by atoms with Crippen molar-refractivity contribution in [2.45, 2.75) is 0 Å². The third-order valence-corrected chi connectivity index (χ3v) is 3.68. The van der Waals surface area contributed by atoms with Crippen molar-refractivity contribution in [3.05, 3.63) is 79.9 Å². The molecular weight excluding hydrogens is 357 g/mol. The molecule has 0 radical (unpaired) electrons. The summed E-state index contributed by atoms with van der Waals surface area (Å²) in [5.74, 6) is -5.45. The Labute approximate surface area is 141 Å². The first-order valence-corrected chi connectivity index (χ1v) is 6.92. The molecule has 0 saturated heterocycles. The van der Waals surface area contributed by atoms with Crippen molar-refractivity contribution >= 4 is 22.6 Å². The van der Waals surface area contributed by atoms with Gasteiger partial charge in [0.2, 0.25) is 11.2 Å². The summed E-state index contributed by atoms with van der Waals surface area (Å²) < 4.78 is 41.6. The lowest BCUT2D eigenvalue weighted by atomic mass is 10.1. The second-order valence-corrected chi connectivity index (χ2v) is 5.22. The molecule has 0 bridgehead atoms. The van der Waals surface area contributed by atoms with Crippen LogP contribution >= 0.6 is 0 Å². The molecule has 0 amide bonds. The third kappa shape index (κ3) is 2.66. The number of hydrogen-bond donors (Lipinski definition) is 1.